The van der Waals surface area contributed by atoms with Crippen LogP contribution in [-0.2, 0) is 4.79 Å². The van der Waals surface area contributed by atoms with Crippen LogP contribution in [0, 0.1) is 13.8 Å². The second-order valence-electron chi connectivity index (χ2n) is 6.17. The first-order chi connectivity index (χ1) is 10.6. The predicted octanol–water partition coefficient (Wildman–Crippen LogP) is 2.67. The molecule has 0 radical (unpaired) electrons. The molecule has 0 aliphatic carbocycles. The molecule has 122 valence electrons. The summed E-state index contributed by atoms with van der Waals surface area (Å²) in [5.74, 6) is 1.26. The van der Waals surface area contributed by atoms with E-state index in [9.17, 15) is 4.79 Å². The molecule has 4 nitrogen and oxygen atoms in total. The lowest BCUT2D eigenvalue weighted by molar-refractivity contribution is -0.133. The molecule has 1 aromatic rings. The van der Waals surface area contributed by atoms with E-state index in [4.69, 9.17) is 4.74 Å². The van der Waals surface area contributed by atoms with Gasteiger partial charge in [-0.25, -0.2) is 0 Å². The van der Waals surface area contributed by atoms with Gasteiger partial charge in [-0.1, -0.05) is 12.1 Å². The Kier molecular flexibility index (Phi) is 6.25. The summed E-state index contributed by atoms with van der Waals surface area (Å²) in [4.78, 5) is 14.1. The monoisotopic (exact) mass is 304 g/mol. The molecule has 1 N–H and O–H groups in total. The lowest BCUT2D eigenvalue weighted by atomic mass is 10.1. The zero-order valence-corrected chi connectivity index (χ0v) is 14.0. The lowest BCUT2D eigenvalue weighted by Crippen LogP contribution is -2.41. The Bertz CT molecular complexity index is 494. The summed E-state index contributed by atoms with van der Waals surface area (Å²) in [7, 11) is 1.92. The van der Waals surface area contributed by atoms with Crippen LogP contribution in [0.25, 0.3) is 0 Å². The van der Waals surface area contributed by atoms with E-state index < -0.39 is 0 Å². The molecule has 0 bridgehead atoms. The van der Waals surface area contributed by atoms with Crippen molar-refractivity contribution in [3.05, 3.63) is 29.3 Å². The number of hydrogen-bond donors (Lipinski definition) is 1. The third-order valence-electron chi connectivity index (χ3n) is 4.25. The van der Waals surface area contributed by atoms with Gasteiger partial charge in [0.2, 0.25) is 5.91 Å². The highest BCUT2D eigenvalue weighted by atomic mass is 16.5. The molecule has 0 aromatic heterocycles. The van der Waals surface area contributed by atoms with Gasteiger partial charge in [0.05, 0.1) is 0 Å². The van der Waals surface area contributed by atoms with Crippen LogP contribution in [0.3, 0.4) is 0 Å². The van der Waals surface area contributed by atoms with Crippen molar-refractivity contribution in [1.82, 2.24) is 10.2 Å². The van der Waals surface area contributed by atoms with Crippen LogP contribution < -0.4 is 10.1 Å². The van der Waals surface area contributed by atoms with Crippen molar-refractivity contribution < 1.29 is 9.53 Å². The van der Waals surface area contributed by atoms with Gasteiger partial charge in [0.1, 0.15) is 11.9 Å². The molecule has 0 unspecified atom stereocenters. The molecule has 0 atom stereocenters. The van der Waals surface area contributed by atoms with E-state index in [1.54, 1.807) is 0 Å². The van der Waals surface area contributed by atoms with Crippen molar-refractivity contribution in [3.63, 3.8) is 0 Å². The fourth-order valence-corrected chi connectivity index (χ4v) is 2.81. The fourth-order valence-electron chi connectivity index (χ4n) is 2.81. The van der Waals surface area contributed by atoms with Gasteiger partial charge in [-0.15, -0.1) is 0 Å². The zero-order chi connectivity index (χ0) is 15.9. The predicted molar refractivity (Wildman–Crippen MR) is 89.3 cm³/mol. The fraction of sp³-hybridized carbons (Fsp3) is 0.611. The van der Waals surface area contributed by atoms with Gasteiger partial charge >= 0.3 is 0 Å². The maximum atomic E-state index is 12.1. The van der Waals surface area contributed by atoms with E-state index in [0.29, 0.717) is 6.42 Å². The Balaban J connectivity index is 1.79. The van der Waals surface area contributed by atoms with Gasteiger partial charge in [-0.2, -0.15) is 0 Å². The second-order valence-corrected chi connectivity index (χ2v) is 6.17. The number of piperidine rings is 1. The Labute approximate surface area is 133 Å². The van der Waals surface area contributed by atoms with Crippen molar-refractivity contribution in [2.75, 3.05) is 26.7 Å². The number of likely N-dealkylation sites (tertiary alicyclic amines) is 1. The minimum atomic E-state index is 0.224. The van der Waals surface area contributed by atoms with E-state index in [1.807, 2.05) is 11.9 Å². The van der Waals surface area contributed by atoms with Crippen molar-refractivity contribution in [3.8, 4) is 5.75 Å². The molecule has 1 amide bonds. The summed E-state index contributed by atoms with van der Waals surface area (Å²) in [6, 6.07) is 6.31. The Hall–Kier alpha value is -1.55. The van der Waals surface area contributed by atoms with Crippen LogP contribution in [0.2, 0.25) is 0 Å². The van der Waals surface area contributed by atoms with E-state index in [-0.39, 0.29) is 12.0 Å². The molecule has 2 rings (SSSR count). The van der Waals surface area contributed by atoms with E-state index in [0.717, 1.165) is 44.6 Å². The molecule has 1 heterocycles. The van der Waals surface area contributed by atoms with Crippen molar-refractivity contribution >= 4 is 5.91 Å². The first-order valence-corrected chi connectivity index (χ1v) is 8.26. The molecule has 1 fully saturated rings. The maximum Gasteiger partial charge on any atom is 0.222 e. The summed E-state index contributed by atoms with van der Waals surface area (Å²) >= 11 is 0. The zero-order valence-electron chi connectivity index (χ0n) is 14.0. The van der Waals surface area contributed by atoms with Crippen LogP contribution in [0.4, 0.5) is 0 Å². The number of nitrogens with zero attached hydrogens (tertiary/aromatic N) is 1. The Morgan fingerprint density at radius 2 is 2.05 bits per heavy atom. The van der Waals surface area contributed by atoms with Gasteiger partial charge < -0.3 is 15.0 Å². The number of hydrogen-bond acceptors (Lipinski definition) is 3. The van der Waals surface area contributed by atoms with Crippen LogP contribution in [0.1, 0.15) is 36.8 Å². The highest BCUT2D eigenvalue weighted by Gasteiger charge is 2.23. The van der Waals surface area contributed by atoms with Gasteiger partial charge in [-0.05, 0) is 51.1 Å². The molecule has 22 heavy (non-hydrogen) atoms. The molecule has 1 saturated heterocycles. The molecule has 4 heteroatoms. The van der Waals surface area contributed by atoms with E-state index >= 15 is 0 Å². The smallest absolute Gasteiger partial charge is 0.222 e. The maximum absolute atomic E-state index is 12.1. The molecular formula is C18H28N2O2. The number of carbonyl (C=O) groups is 1. The molecule has 1 aromatic carbocycles. The first-order valence-electron chi connectivity index (χ1n) is 8.26. The van der Waals surface area contributed by atoms with Gasteiger partial charge in [0.15, 0.2) is 0 Å². The number of benzene rings is 1. The normalized spacial score (nSPS) is 15.9. The third-order valence-corrected chi connectivity index (χ3v) is 4.25. The number of ether oxygens (including phenoxy) is 1. The number of aryl methyl sites for hydroxylation is 2. The quantitative estimate of drug-likeness (QED) is 0.822. The molecule has 0 saturated carbocycles. The second kappa shape index (κ2) is 8.18. The van der Waals surface area contributed by atoms with Crippen molar-refractivity contribution in [2.24, 2.45) is 0 Å². The number of rotatable bonds is 6. The summed E-state index contributed by atoms with van der Waals surface area (Å²) in [5.41, 5.74) is 2.40. The molecule has 1 aliphatic heterocycles. The highest BCUT2D eigenvalue weighted by Crippen LogP contribution is 2.24. The summed E-state index contributed by atoms with van der Waals surface area (Å²) in [6.07, 6.45) is 3.62. The van der Waals surface area contributed by atoms with Gasteiger partial charge in [-0.3, -0.25) is 4.79 Å². The molecule has 1 aliphatic rings. The summed E-state index contributed by atoms with van der Waals surface area (Å²) < 4.78 is 6.15. The van der Waals surface area contributed by atoms with Crippen LogP contribution in [0.5, 0.6) is 5.75 Å². The average Bonchev–Trinajstić information content (AvgIpc) is 2.52. The lowest BCUT2D eigenvalue weighted by Gasteiger charge is -2.32. The van der Waals surface area contributed by atoms with E-state index in [2.05, 4.69) is 37.4 Å². The number of amides is 1. The highest BCUT2D eigenvalue weighted by molar-refractivity contribution is 5.76. The van der Waals surface area contributed by atoms with Gasteiger partial charge in [0.25, 0.3) is 0 Å². The molecule has 0 spiro atoms. The van der Waals surface area contributed by atoms with Crippen molar-refractivity contribution in [2.45, 2.75) is 45.6 Å². The number of carbonyl (C=O) groups excluding carboxylic acids is 1. The minimum absolute atomic E-state index is 0.224. The van der Waals surface area contributed by atoms with Crippen molar-refractivity contribution in [1.29, 1.82) is 0 Å². The number of nitrogens with one attached hydrogen (secondary N) is 1. The average molecular weight is 304 g/mol. The van der Waals surface area contributed by atoms with Crippen LogP contribution in [-0.4, -0.2) is 43.6 Å². The van der Waals surface area contributed by atoms with E-state index in [1.165, 1.54) is 11.1 Å². The summed E-state index contributed by atoms with van der Waals surface area (Å²) in [6.45, 7) is 6.69. The Morgan fingerprint density at radius 1 is 1.32 bits per heavy atom. The standard InChI is InChI=1S/C18H28N2O2/c1-14-6-7-15(2)17(13-14)22-16-8-11-20(12-9-16)18(21)5-4-10-19-3/h6-7,13,16,19H,4-5,8-12H2,1-3H3. The van der Waals surface area contributed by atoms with Crippen LogP contribution in [0.15, 0.2) is 18.2 Å². The SMILES string of the molecule is CNCCCC(=O)N1CCC(Oc2cc(C)ccc2C)CC1. The Morgan fingerprint density at radius 3 is 2.73 bits per heavy atom. The topological polar surface area (TPSA) is 41.6 Å². The summed E-state index contributed by atoms with van der Waals surface area (Å²) in [5, 5.41) is 3.08. The minimum Gasteiger partial charge on any atom is -0.490 e. The van der Waals surface area contributed by atoms with Gasteiger partial charge in [0, 0.05) is 32.4 Å². The third kappa shape index (κ3) is 4.73. The van der Waals surface area contributed by atoms with Crippen LogP contribution >= 0.6 is 0 Å². The first kappa shape index (κ1) is 16.8. The largest absolute Gasteiger partial charge is 0.490 e. The molecular weight excluding hydrogens is 276 g/mol.